The van der Waals surface area contributed by atoms with Crippen LogP contribution in [0.5, 0.6) is 0 Å². The molecule has 1 aromatic rings. The van der Waals surface area contributed by atoms with E-state index in [0.717, 1.165) is 11.8 Å². The number of rotatable bonds is 4. The molecule has 2 N–H and O–H groups in total. The van der Waals surface area contributed by atoms with Crippen molar-refractivity contribution in [2.75, 3.05) is 6.26 Å². The van der Waals surface area contributed by atoms with Crippen LogP contribution >= 0.6 is 0 Å². The first-order chi connectivity index (χ1) is 6.47. The minimum Gasteiger partial charge on any atom is -0.305 e. The van der Waals surface area contributed by atoms with Crippen molar-refractivity contribution in [3.63, 3.8) is 0 Å². The van der Waals surface area contributed by atoms with Gasteiger partial charge in [0.1, 0.15) is 6.23 Å². The zero-order valence-corrected chi connectivity index (χ0v) is 8.70. The van der Waals surface area contributed by atoms with Crippen LogP contribution in [0.25, 0.3) is 0 Å². The fourth-order valence-electron chi connectivity index (χ4n) is 1.10. The maximum atomic E-state index is 10.7. The van der Waals surface area contributed by atoms with E-state index in [1.165, 1.54) is 0 Å². The third-order valence-corrected chi connectivity index (χ3v) is 2.17. The Morgan fingerprint density at radius 2 is 1.93 bits per heavy atom. The molecule has 0 aliphatic carbocycles. The molecule has 0 radical (unpaired) electrons. The van der Waals surface area contributed by atoms with Gasteiger partial charge in [0.2, 0.25) is 0 Å². The molecular formula is C9H13NO3S. The van der Waals surface area contributed by atoms with Gasteiger partial charge in [0.25, 0.3) is 10.1 Å². The van der Waals surface area contributed by atoms with Crippen LogP contribution in [0.4, 0.5) is 0 Å². The predicted molar refractivity (Wildman–Crippen MR) is 54.1 cm³/mol. The summed E-state index contributed by atoms with van der Waals surface area (Å²) < 4.78 is 26.1. The summed E-state index contributed by atoms with van der Waals surface area (Å²) in [5.74, 6) is 0. The van der Waals surface area contributed by atoms with E-state index in [0.29, 0.717) is 6.42 Å². The Bertz CT molecular complexity index is 374. The van der Waals surface area contributed by atoms with Gasteiger partial charge in [-0.3, -0.25) is 4.18 Å². The van der Waals surface area contributed by atoms with Crippen LogP contribution in [-0.2, 0) is 20.7 Å². The Kier molecular flexibility index (Phi) is 3.62. The van der Waals surface area contributed by atoms with Crippen LogP contribution in [0, 0.1) is 0 Å². The smallest absolute Gasteiger partial charge is 0.265 e. The SMILES string of the molecule is CS(=O)(=O)OC(N)Cc1ccccc1. The number of hydrogen-bond donors (Lipinski definition) is 1. The third-order valence-electron chi connectivity index (χ3n) is 1.58. The molecule has 0 bridgehead atoms. The molecule has 0 amide bonds. The van der Waals surface area contributed by atoms with E-state index in [1.54, 1.807) is 0 Å². The molecule has 0 aliphatic rings. The average Bonchev–Trinajstić information content (AvgIpc) is 2.02. The van der Waals surface area contributed by atoms with Gasteiger partial charge in [0.15, 0.2) is 0 Å². The van der Waals surface area contributed by atoms with E-state index >= 15 is 0 Å². The third kappa shape index (κ3) is 4.36. The van der Waals surface area contributed by atoms with Gasteiger partial charge in [-0.2, -0.15) is 8.42 Å². The highest BCUT2D eigenvalue weighted by Crippen LogP contribution is 2.04. The van der Waals surface area contributed by atoms with E-state index in [-0.39, 0.29) is 0 Å². The largest absolute Gasteiger partial charge is 0.305 e. The van der Waals surface area contributed by atoms with Gasteiger partial charge in [-0.15, -0.1) is 0 Å². The Labute approximate surface area is 83.8 Å². The van der Waals surface area contributed by atoms with E-state index in [2.05, 4.69) is 4.18 Å². The molecule has 5 heteroatoms. The summed E-state index contributed by atoms with van der Waals surface area (Å²) in [6.07, 6.45) is 0.554. The second-order valence-corrected chi connectivity index (χ2v) is 4.63. The first-order valence-electron chi connectivity index (χ1n) is 4.15. The maximum Gasteiger partial charge on any atom is 0.265 e. The predicted octanol–water partition coefficient (Wildman–Crippen LogP) is 0.490. The molecule has 0 aromatic heterocycles. The summed E-state index contributed by atoms with van der Waals surface area (Å²) in [5.41, 5.74) is 6.44. The van der Waals surface area contributed by atoms with E-state index < -0.39 is 16.3 Å². The van der Waals surface area contributed by atoms with Gasteiger partial charge >= 0.3 is 0 Å². The van der Waals surface area contributed by atoms with Crippen molar-refractivity contribution < 1.29 is 12.6 Å². The van der Waals surface area contributed by atoms with E-state index in [9.17, 15) is 8.42 Å². The number of benzene rings is 1. The molecule has 0 fully saturated rings. The highest BCUT2D eigenvalue weighted by Gasteiger charge is 2.10. The molecule has 0 aliphatic heterocycles. The molecule has 14 heavy (non-hydrogen) atoms. The quantitative estimate of drug-likeness (QED) is 0.586. The van der Waals surface area contributed by atoms with Crippen molar-refractivity contribution in [1.82, 2.24) is 0 Å². The molecule has 0 saturated heterocycles. The Hall–Kier alpha value is -0.910. The van der Waals surface area contributed by atoms with Crippen molar-refractivity contribution in [1.29, 1.82) is 0 Å². The topological polar surface area (TPSA) is 69.4 Å². The van der Waals surface area contributed by atoms with Gasteiger partial charge in [0.05, 0.1) is 6.26 Å². The molecule has 78 valence electrons. The first kappa shape index (κ1) is 11.2. The highest BCUT2D eigenvalue weighted by atomic mass is 32.2. The molecule has 0 saturated carbocycles. The Balaban J connectivity index is 2.54. The van der Waals surface area contributed by atoms with Gasteiger partial charge in [-0.1, -0.05) is 30.3 Å². The summed E-state index contributed by atoms with van der Waals surface area (Å²) in [6, 6.07) is 9.34. The second-order valence-electron chi connectivity index (χ2n) is 3.03. The van der Waals surface area contributed by atoms with Crippen LogP contribution in [-0.4, -0.2) is 20.9 Å². The summed E-state index contributed by atoms with van der Waals surface area (Å²) >= 11 is 0. The molecule has 1 aromatic carbocycles. The summed E-state index contributed by atoms with van der Waals surface area (Å²) in [4.78, 5) is 0. The molecule has 1 atom stereocenters. The summed E-state index contributed by atoms with van der Waals surface area (Å²) in [5, 5.41) is 0. The van der Waals surface area contributed by atoms with E-state index in [1.807, 2.05) is 30.3 Å². The molecule has 0 spiro atoms. The molecule has 4 nitrogen and oxygen atoms in total. The summed E-state index contributed by atoms with van der Waals surface area (Å²) in [6.45, 7) is 0. The molecule has 1 unspecified atom stereocenters. The normalized spacial score (nSPS) is 13.9. The van der Waals surface area contributed by atoms with Crippen LogP contribution in [0.2, 0.25) is 0 Å². The Morgan fingerprint density at radius 3 is 2.43 bits per heavy atom. The van der Waals surface area contributed by atoms with Crippen LogP contribution in [0.3, 0.4) is 0 Å². The van der Waals surface area contributed by atoms with Crippen LogP contribution in [0.1, 0.15) is 5.56 Å². The van der Waals surface area contributed by atoms with Crippen molar-refractivity contribution in [3.8, 4) is 0 Å². The highest BCUT2D eigenvalue weighted by molar-refractivity contribution is 7.86. The van der Waals surface area contributed by atoms with Gasteiger partial charge in [-0.05, 0) is 5.56 Å². The maximum absolute atomic E-state index is 10.7. The van der Waals surface area contributed by atoms with Crippen LogP contribution in [0.15, 0.2) is 30.3 Å². The van der Waals surface area contributed by atoms with Gasteiger partial charge in [-0.25, -0.2) is 0 Å². The lowest BCUT2D eigenvalue weighted by molar-refractivity contribution is 0.219. The standard InChI is InChI=1S/C9H13NO3S/c1-14(11,12)13-9(10)7-8-5-3-2-4-6-8/h2-6,9H,7,10H2,1H3. The van der Waals surface area contributed by atoms with E-state index in [4.69, 9.17) is 5.73 Å². The number of nitrogens with two attached hydrogens (primary N) is 1. The monoisotopic (exact) mass is 215 g/mol. The lowest BCUT2D eigenvalue weighted by Crippen LogP contribution is -2.28. The fourth-order valence-corrected chi connectivity index (χ4v) is 1.62. The minimum absolute atomic E-state index is 0.383. The fraction of sp³-hybridized carbons (Fsp3) is 0.333. The molecule has 1 rings (SSSR count). The first-order valence-corrected chi connectivity index (χ1v) is 5.97. The summed E-state index contributed by atoms with van der Waals surface area (Å²) in [7, 11) is -3.47. The Morgan fingerprint density at radius 1 is 1.36 bits per heavy atom. The minimum atomic E-state index is -3.47. The molecule has 0 heterocycles. The van der Waals surface area contributed by atoms with Crippen molar-refractivity contribution in [2.24, 2.45) is 5.73 Å². The van der Waals surface area contributed by atoms with Crippen molar-refractivity contribution in [2.45, 2.75) is 12.6 Å². The lowest BCUT2D eigenvalue weighted by Gasteiger charge is -2.10. The average molecular weight is 215 g/mol. The second kappa shape index (κ2) is 4.54. The lowest BCUT2D eigenvalue weighted by atomic mass is 10.1. The zero-order valence-electron chi connectivity index (χ0n) is 7.88. The number of hydrogen-bond acceptors (Lipinski definition) is 4. The van der Waals surface area contributed by atoms with Crippen molar-refractivity contribution in [3.05, 3.63) is 35.9 Å². The molecular weight excluding hydrogens is 202 g/mol. The van der Waals surface area contributed by atoms with Crippen molar-refractivity contribution >= 4 is 10.1 Å². The van der Waals surface area contributed by atoms with Crippen LogP contribution < -0.4 is 5.73 Å². The van der Waals surface area contributed by atoms with Gasteiger partial charge in [0, 0.05) is 6.42 Å². The van der Waals surface area contributed by atoms with Gasteiger partial charge < -0.3 is 5.73 Å². The zero-order chi connectivity index (χ0) is 10.6.